The van der Waals surface area contributed by atoms with Gasteiger partial charge in [0.25, 0.3) is 0 Å². The zero-order chi connectivity index (χ0) is 16.6. The van der Waals surface area contributed by atoms with E-state index < -0.39 is 41.2 Å². The molecule has 0 fully saturated rings. The molecule has 1 aromatic carbocycles. The molecule has 1 aromatic rings. The van der Waals surface area contributed by atoms with E-state index in [1.165, 1.54) is 7.05 Å². The maximum Gasteiger partial charge on any atom is 0.246 e. The highest BCUT2D eigenvalue weighted by Gasteiger charge is 2.34. The molecule has 2 N–H and O–H groups in total. The number of benzene rings is 1. The Morgan fingerprint density at radius 1 is 1.24 bits per heavy atom. The summed E-state index contributed by atoms with van der Waals surface area (Å²) in [6.07, 6.45) is 0.527. The number of hydrogen-bond acceptors (Lipinski definition) is 4. The average Bonchev–Trinajstić information content (AvgIpc) is 2.36. The minimum absolute atomic E-state index is 0.476. The van der Waals surface area contributed by atoms with Gasteiger partial charge in [-0.2, -0.15) is 4.31 Å². The molecule has 0 aromatic heterocycles. The zero-order valence-corrected chi connectivity index (χ0v) is 13.9. The first-order valence-electron chi connectivity index (χ1n) is 6.15. The Bertz CT molecular complexity index is 743. The molecule has 9 heteroatoms. The molecule has 0 bridgehead atoms. The summed E-state index contributed by atoms with van der Waals surface area (Å²) in [7, 11) is -6.82. The first-order valence-corrected chi connectivity index (χ1v) is 9.14. The molecule has 0 aliphatic rings. The molecule has 120 valence electrons. The predicted octanol–water partition coefficient (Wildman–Crippen LogP) is 1.28. The summed E-state index contributed by atoms with van der Waals surface area (Å²) in [5.41, 5.74) is -0.704. The van der Waals surface area contributed by atoms with Crippen molar-refractivity contribution in [1.29, 1.82) is 0 Å². The summed E-state index contributed by atoms with van der Waals surface area (Å²) in [4.78, 5) is -1.06. The fourth-order valence-electron chi connectivity index (χ4n) is 1.56. The van der Waals surface area contributed by atoms with Gasteiger partial charge in [0.05, 0.1) is 4.90 Å². The summed E-state index contributed by atoms with van der Waals surface area (Å²) in [5, 5.41) is 4.88. The van der Waals surface area contributed by atoms with Crippen LogP contribution in [0.1, 0.15) is 27.2 Å². The van der Waals surface area contributed by atoms with Gasteiger partial charge in [0.1, 0.15) is 10.7 Å². The number of rotatable bonds is 5. The third-order valence-corrected chi connectivity index (χ3v) is 6.60. The maximum absolute atomic E-state index is 14.0. The summed E-state index contributed by atoms with van der Waals surface area (Å²) in [5.74, 6) is -1.15. The van der Waals surface area contributed by atoms with E-state index in [1.807, 2.05) is 6.92 Å². The van der Waals surface area contributed by atoms with Crippen LogP contribution in [0, 0.1) is 5.82 Å². The third kappa shape index (κ3) is 3.60. The van der Waals surface area contributed by atoms with Gasteiger partial charge in [-0.25, -0.2) is 26.4 Å². The van der Waals surface area contributed by atoms with Crippen LogP contribution in [0.15, 0.2) is 28.0 Å². The summed E-state index contributed by atoms with van der Waals surface area (Å²) < 4.78 is 62.2. The van der Waals surface area contributed by atoms with Crippen molar-refractivity contribution in [2.45, 2.75) is 42.5 Å². The number of sulfonamides is 2. The normalized spacial score (nSPS) is 13.7. The molecular weight excluding hydrogens is 319 g/mol. The van der Waals surface area contributed by atoms with Crippen molar-refractivity contribution in [3.8, 4) is 0 Å². The Morgan fingerprint density at radius 2 is 1.76 bits per heavy atom. The molecule has 1 rings (SSSR count). The van der Waals surface area contributed by atoms with Crippen molar-refractivity contribution >= 4 is 20.0 Å². The largest absolute Gasteiger partial charge is 0.246 e. The smallest absolute Gasteiger partial charge is 0.225 e. The Labute approximate surface area is 124 Å². The average molecular weight is 338 g/mol. The molecule has 0 aliphatic heterocycles. The number of hydrogen-bond donors (Lipinski definition) is 1. The van der Waals surface area contributed by atoms with E-state index in [-0.39, 0.29) is 0 Å². The van der Waals surface area contributed by atoms with Crippen LogP contribution < -0.4 is 5.14 Å². The Balaban J connectivity index is 3.41. The lowest BCUT2D eigenvalue weighted by atomic mass is 10.0. The molecule has 0 saturated carbocycles. The molecular formula is C12H19FN2O4S2. The zero-order valence-electron chi connectivity index (χ0n) is 12.3. The van der Waals surface area contributed by atoms with Gasteiger partial charge in [0.15, 0.2) is 0 Å². The first kappa shape index (κ1) is 18.0. The van der Waals surface area contributed by atoms with Crippen molar-refractivity contribution in [3.63, 3.8) is 0 Å². The summed E-state index contributed by atoms with van der Waals surface area (Å²) in [6, 6.07) is 2.49. The van der Waals surface area contributed by atoms with E-state index >= 15 is 0 Å². The van der Waals surface area contributed by atoms with Gasteiger partial charge in [-0.15, -0.1) is 0 Å². The second-order valence-electron chi connectivity index (χ2n) is 5.28. The minimum atomic E-state index is -4.09. The predicted molar refractivity (Wildman–Crippen MR) is 77.1 cm³/mol. The molecule has 6 nitrogen and oxygen atoms in total. The molecule has 0 amide bonds. The molecule has 0 radical (unpaired) electrons. The van der Waals surface area contributed by atoms with E-state index in [1.54, 1.807) is 13.8 Å². The van der Waals surface area contributed by atoms with Crippen LogP contribution in [-0.2, 0) is 20.0 Å². The second-order valence-corrected chi connectivity index (χ2v) is 8.77. The maximum atomic E-state index is 14.0. The van der Waals surface area contributed by atoms with Crippen molar-refractivity contribution in [2.24, 2.45) is 5.14 Å². The van der Waals surface area contributed by atoms with Crippen LogP contribution in [0.2, 0.25) is 0 Å². The fraction of sp³-hybridized carbons (Fsp3) is 0.500. The van der Waals surface area contributed by atoms with E-state index in [0.29, 0.717) is 12.5 Å². The third-order valence-electron chi connectivity index (χ3n) is 3.59. The molecule has 21 heavy (non-hydrogen) atoms. The number of nitrogens with two attached hydrogens (primary N) is 1. The molecule has 0 spiro atoms. The number of primary sulfonamides is 1. The van der Waals surface area contributed by atoms with Crippen molar-refractivity contribution in [1.82, 2.24) is 4.31 Å². The standard InChI is InChI=1S/C12H19FN2O4S2/c1-5-12(2,3)15(4)21(18,19)11-7-6-9(8-10(11)13)20(14,16)17/h6-8H,5H2,1-4H3,(H2,14,16,17). The van der Waals surface area contributed by atoms with Crippen LogP contribution in [0.5, 0.6) is 0 Å². The topological polar surface area (TPSA) is 97.5 Å². The van der Waals surface area contributed by atoms with Gasteiger partial charge < -0.3 is 0 Å². The first-order chi connectivity index (χ1) is 9.34. The lowest BCUT2D eigenvalue weighted by Gasteiger charge is -2.33. The summed E-state index contributed by atoms with van der Waals surface area (Å²) >= 11 is 0. The van der Waals surface area contributed by atoms with E-state index in [2.05, 4.69) is 0 Å². The Kier molecular flexibility index (Phi) is 4.84. The highest BCUT2D eigenvalue weighted by molar-refractivity contribution is 7.89. The SMILES string of the molecule is CCC(C)(C)N(C)S(=O)(=O)c1ccc(S(N)(=O)=O)cc1F. The molecule has 0 aliphatic carbocycles. The van der Waals surface area contributed by atoms with E-state index in [9.17, 15) is 21.2 Å². The molecule has 0 atom stereocenters. The lowest BCUT2D eigenvalue weighted by molar-refractivity contribution is 0.256. The monoisotopic (exact) mass is 338 g/mol. The fourth-order valence-corrected chi connectivity index (χ4v) is 3.71. The van der Waals surface area contributed by atoms with Crippen LogP contribution in [0.4, 0.5) is 4.39 Å². The van der Waals surface area contributed by atoms with Crippen LogP contribution in [-0.4, -0.2) is 33.7 Å². The van der Waals surface area contributed by atoms with Crippen LogP contribution >= 0.6 is 0 Å². The number of halogens is 1. The van der Waals surface area contributed by atoms with Crippen molar-refractivity contribution in [3.05, 3.63) is 24.0 Å². The lowest BCUT2D eigenvalue weighted by Crippen LogP contribution is -2.44. The van der Waals surface area contributed by atoms with Gasteiger partial charge >= 0.3 is 0 Å². The van der Waals surface area contributed by atoms with Gasteiger partial charge in [-0.05, 0) is 38.5 Å². The van der Waals surface area contributed by atoms with Crippen molar-refractivity contribution in [2.75, 3.05) is 7.05 Å². The Morgan fingerprint density at radius 3 is 2.14 bits per heavy atom. The van der Waals surface area contributed by atoms with Gasteiger partial charge in [0, 0.05) is 12.6 Å². The van der Waals surface area contributed by atoms with Gasteiger partial charge in [-0.1, -0.05) is 6.92 Å². The van der Waals surface area contributed by atoms with E-state index in [0.717, 1.165) is 16.4 Å². The molecule has 0 saturated heterocycles. The molecule has 0 unspecified atom stereocenters. The van der Waals surface area contributed by atoms with Gasteiger partial charge in [0.2, 0.25) is 20.0 Å². The minimum Gasteiger partial charge on any atom is -0.225 e. The van der Waals surface area contributed by atoms with E-state index in [4.69, 9.17) is 5.14 Å². The van der Waals surface area contributed by atoms with Crippen LogP contribution in [0.25, 0.3) is 0 Å². The highest BCUT2D eigenvalue weighted by atomic mass is 32.2. The molecule has 0 heterocycles. The van der Waals surface area contributed by atoms with Crippen molar-refractivity contribution < 1.29 is 21.2 Å². The highest BCUT2D eigenvalue weighted by Crippen LogP contribution is 2.27. The second kappa shape index (κ2) is 5.64. The number of nitrogens with zero attached hydrogens (tertiary/aromatic N) is 1. The van der Waals surface area contributed by atoms with Crippen LogP contribution in [0.3, 0.4) is 0 Å². The summed E-state index contributed by atoms with van der Waals surface area (Å²) in [6.45, 7) is 5.23. The van der Waals surface area contributed by atoms with Gasteiger partial charge in [-0.3, -0.25) is 0 Å². The quantitative estimate of drug-likeness (QED) is 0.874. The Hall–Kier alpha value is -1.03.